The van der Waals surface area contributed by atoms with E-state index >= 15 is 0 Å². The van der Waals surface area contributed by atoms with Gasteiger partial charge in [-0.2, -0.15) is 0 Å². The van der Waals surface area contributed by atoms with Crippen LogP contribution in [0.4, 0.5) is 5.69 Å². The molecule has 0 spiro atoms. The molecular weight excluding hydrogens is 234 g/mol. The van der Waals surface area contributed by atoms with Crippen molar-refractivity contribution in [2.24, 2.45) is 0 Å². The van der Waals surface area contributed by atoms with Crippen LogP contribution in [0.25, 0.3) is 6.08 Å². The summed E-state index contributed by atoms with van der Waals surface area (Å²) in [7, 11) is 2.16. The van der Waals surface area contributed by atoms with E-state index in [0.717, 1.165) is 12.0 Å². The van der Waals surface area contributed by atoms with E-state index in [9.17, 15) is 4.79 Å². The number of hydrogen-bond acceptors (Lipinski definition) is 2. The van der Waals surface area contributed by atoms with Crippen LogP contribution in [0, 0.1) is 0 Å². The topological polar surface area (TPSA) is 20.3 Å². The highest BCUT2D eigenvalue weighted by Crippen LogP contribution is 2.42. The van der Waals surface area contributed by atoms with Crippen molar-refractivity contribution < 1.29 is 4.79 Å². The summed E-state index contributed by atoms with van der Waals surface area (Å²) >= 11 is 0. The lowest BCUT2D eigenvalue weighted by Gasteiger charge is -2.45. The second kappa shape index (κ2) is 4.84. The van der Waals surface area contributed by atoms with E-state index in [1.807, 2.05) is 6.08 Å². The maximum absolute atomic E-state index is 11.0. The minimum atomic E-state index is 0.0871. The van der Waals surface area contributed by atoms with E-state index in [4.69, 9.17) is 0 Å². The van der Waals surface area contributed by atoms with Crippen LogP contribution in [0.2, 0.25) is 0 Å². The summed E-state index contributed by atoms with van der Waals surface area (Å²) in [6.45, 7) is 8.44. The molecule has 0 saturated carbocycles. The molecule has 1 aliphatic heterocycles. The quantitative estimate of drug-likeness (QED) is 0.746. The summed E-state index contributed by atoms with van der Waals surface area (Å²) < 4.78 is 0. The highest BCUT2D eigenvalue weighted by Gasteiger charge is 2.33. The zero-order valence-corrected chi connectivity index (χ0v) is 12.5. The van der Waals surface area contributed by atoms with Gasteiger partial charge in [-0.3, -0.25) is 4.79 Å². The van der Waals surface area contributed by atoms with Gasteiger partial charge in [-0.25, -0.2) is 0 Å². The van der Waals surface area contributed by atoms with Crippen LogP contribution in [0.1, 0.15) is 51.2 Å². The lowest BCUT2D eigenvalue weighted by Crippen LogP contribution is -2.45. The van der Waals surface area contributed by atoms with Gasteiger partial charge in [0.25, 0.3) is 0 Å². The van der Waals surface area contributed by atoms with Crippen molar-refractivity contribution in [3.63, 3.8) is 0 Å². The van der Waals surface area contributed by atoms with Crippen LogP contribution in [-0.4, -0.2) is 18.4 Å². The summed E-state index contributed by atoms with van der Waals surface area (Å²) in [4.78, 5) is 13.4. The number of carbonyl (C=O) groups excluding carboxylic acids is 1. The molecule has 2 nitrogen and oxygen atoms in total. The Kier molecular flexibility index (Phi) is 3.53. The van der Waals surface area contributed by atoms with Crippen molar-refractivity contribution >= 4 is 17.5 Å². The van der Waals surface area contributed by atoms with Crippen LogP contribution in [0.5, 0.6) is 0 Å². The van der Waals surface area contributed by atoms with Gasteiger partial charge in [-0.1, -0.05) is 19.1 Å². The zero-order chi connectivity index (χ0) is 14.2. The third kappa shape index (κ3) is 2.73. The molecule has 0 bridgehead atoms. The number of nitrogens with zero attached hydrogens (tertiary/aromatic N) is 1. The molecule has 2 heteroatoms. The number of carbonyl (C=O) groups is 1. The first-order valence-electron chi connectivity index (χ1n) is 6.88. The summed E-state index contributed by atoms with van der Waals surface area (Å²) in [5.41, 5.74) is 3.99. The van der Waals surface area contributed by atoms with Gasteiger partial charge in [0.15, 0.2) is 5.78 Å². The van der Waals surface area contributed by atoms with Gasteiger partial charge in [0.2, 0.25) is 0 Å². The monoisotopic (exact) mass is 257 g/mol. The first kappa shape index (κ1) is 13.9. The van der Waals surface area contributed by atoms with E-state index in [0.29, 0.717) is 5.92 Å². The lowest BCUT2D eigenvalue weighted by molar-refractivity contribution is -0.112. The van der Waals surface area contributed by atoms with Crippen molar-refractivity contribution in [3.05, 3.63) is 35.4 Å². The molecule has 1 aliphatic rings. The van der Waals surface area contributed by atoms with Crippen molar-refractivity contribution in [3.8, 4) is 0 Å². The first-order chi connectivity index (χ1) is 8.81. The number of ketones is 1. The summed E-state index contributed by atoms with van der Waals surface area (Å²) in [5, 5.41) is 0. The van der Waals surface area contributed by atoms with Gasteiger partial charge in [-0.05, 0) is 62.4 Å². The number of benzene rings is 1. The van der Waals surface area contributed by atoms with Gasteiger partial charge in [0.1, 0.15) is 0 Å². The molecule has 0 N–H and O–H groups in total. The largest absolute Gasteiger partial charge is 0.369 e. The van der Waals surface area contributed by atoms with E-state index in [1.165, 1.54) is 11.3 Å². The summed E-state index contributed by atoms with van der Waals surface area (Å²) in [6, 6.07) is 6.47. The van der Waals surface area contributed by atoms with Crippen LogP contribution in [-0.2, 0) is 4.79 Å². The fraction of sp³-hybridized carbons (Fsp3) is 0.471. The Labute approximate surface area is 116 Å². The third-order valence-electron chi connectivity index (χ3n) is 4.17. The van der Waals surface area contributed by atoms with Crippen LogP contribution < -0.4 is 4.90 Å². The Morgan fingerprint density at radius 2 is 2.11 bits per heavy atom. The molecule has 2 rings (SSSR count). The van der Waals surface area contributed by atoms with Gasteiger partial charge in [-0.15, -0.1) is 0 Å². The van der Waals surface area contributed by atoms with E-state index in [1.54, 1.807) is 13.0 Å². The fourth-order valence-corrected chi connectivity index (χ4v) is 2.91. The molecule has 0 amide bonds. The number of anilines is 1. The van der Waals surface area contributed by atoms with Crippen molar-refractivity contribution in [2.45, 2.75) is 45.6 Å². The number of fused-ring (bicyclic) bond motifs is 1. The summed E-state index contributed by atoms with van der Waals surface area (Å²) in [5.74, 6) is 0.635. The van der Waals surface area contributed by atoms with E-state index in [-0.39, 0.29) is 11.3 Å². The first-order valence-corrected chi connectivity index (χ1v) is 6.88. The van der Waals surface area contributed by atoms with Crippen LogP contribution in [0.15, 0.2) is 24.3 Å². The number of hydrogen-bond donors (Lipinski definition) is 0. The molecule has 0 aliphatic carbocycles. The molecule has 0 fully saturated rings. The molecule has 19 heavy (non-hydrogen) atoms. The highest BCUT2D eigenvalue weighted by molar-refractivity contribution is 5.91. The molecular formula is C17H23NO. The minimum absolute atomic E-state index is 0.0871. The van der Waals surface area contributed by atoms with Gasteiger partial charge >= 0.3 is 0 Å². The van der Waals surface area contributed by atoms with Crippen molar-refractivity contribution in [2.75, 3.05) is 11.9 Å². The second-order valence-electron chi connectivity index (χ2n) is 6.24. The Morgan fingerprint density at radius 1 is 1.42 bits per heavy atom. The molecule has 1 aromatic carbocycles. The third-order valence-corrected chi connectivity index (χ3v) is 4.17. The Balaban J connectivity index is 2.41. The van der Waals surface area contributed by atoms with Crippen LogP contribution in [0.3, 0.4) is 0 Å². The van der Waals surface area contributed by atoms with Crippen molar-refractivity contribution in [1.29, 1.82) is 0 Å². The molecule has 0 unspecified atom stereocenters. The van der Waals surface area contributed by atoms with Gasteiger partial charge < -0.3 is 4.90 Å². The standard InChI is InChI=1S/C17H23NO/c1-12-11-17(3,4)18(5)16-9-8-14(10-15(12)16)7-6-13(2)19/h6-10,12H,11H2,1-5H3/b7-6+/t12-/m0/s1. The molecule has 0 aromatic heterocycles. The molecule has 102 valence electrons. The van der Waals surface area contributed by atoms with Crippen molar-refractivity contribution in [1.82, 2.24) is 0 Å². The van der Waals surface area contributed by atoms with Gasteiger partial charge in [0, 0.05) is 18.3 Å². The van der Waals surface area contributed by atoms with E-state index in [2.05, 4.69) is 50.9 Å². The maximum atomic E-state index is 11.0. The Bertz CT molecular complexity index is 528. The molecule has 0 saturated heterocycles. The summed E-state index contributed by atoms with van der Waals surface area (Å²) in [6.07, 6.45) is 4.67. The number of rotatable bonds is 2. The molecule has 1 aromatic rings. The average Bonchev–Trinajstić information content (AvgIpc) is 2.33. The minimum Gasteiger partial charge on any atom is -0.369 e. The molecule has 1 atom stereocenters. The Morgan fingerprint density at radius 3 is 2.74 bits per heavy atom. The number of allylic oxidation sites excluding steroid dienone is 1. The smallest absolute Gasteiger partial charge is 0.152 e. The second-order valence-corrected chi connectivity index (χ2v) is 6.24. The average molecular weight is 257 g/mol. The van der Waals surface area contributed by atoms with E-state index < -0.39 is 0 Å². The Hall–Kier alpha value is -1.57. The SMILES string of the molecule is CC(=O)/C=C/c1ccc2c(c1)[C@@H](C)CC(C)(C)N2C. The zero-order valence-electron chi connectivity index (χ0n) is 12.5. The maximum Gasteiger partial charge on any atom is 0.152 e. The predicted octanol–water partition coefficient (Wildman–Crippen LogP) is 4.01. The van der Waals surface area contributed by atoms with Gasteiger partial charge in [0.05, 0.1) is 0 Å². The highest BCUT2D eigenvalue weighted by atomic mass is 16.1. The normalized spacial score (nSPS) is 21.5. The lowest BCUT2D eigenvalue weighted by atomic mass is 9.80. The predicted molar refractivity (Wildman–Crippen MR) is 81.7 cm³/mol. The molecule has 1 heterocycles. The molecule has 0 radical (unpaired) electrons. The fourth-order valence-electron chi connectivity index (χ4n) is 2.91. The van der Waals surface area contributed by atoms with Crippen LogP contribution >= 0.6 is 0 Å².